The topological polar surface area (TPSA) is 80.0 Å². The Kier molecular flexibility index (Phi) is 5.41. The standard InChI is InChI=1S/C27H25N5O3/c33-26(30-10-5-2-6-11-30)20-15-23-25(29-17-20)31(13-14-35-23)21-9-12-32-24(16-21)28-18-22(27(32)34)19-7-3-1-4-8-19/h1,3-4,7-9,12,15-18H,2,5-6,10-11,13-14H2. The summed E-state index contributed by atoms with van der Waals surface area (Å²) in [7, 11) is 0. The van der Waals surface area contributed by atoms with E-state index in [-0.39, 0.29) is 11.5 Å². The quantitative estimate of drug-likeness (QED) is 0.455. The number of nitrogens with zero attached hydrogens (tertiary/aromatic N) is 5. The molecule has 0 N–H and O–H groups in total. The molecular formula is C27H25N5O3. The largest absolute Gasteiger partial charge is 0.488 e. The lowest BCUT2D eigenvalue weighted by atomic mass is 10.1. The van der Waals surface area contributed by atoms with Crippen molar-refractivity contribution in [1.82, 2.24) is 19.3 Å². The smallest absolute Gasteiger partial charge is 0.265 e. The van der Waals surface area contributed by atoms with Gasteiger partial charge in [-0.2, -0.15) is 0 Å². The highest BCUT2D eigenvalue weighted by molar-refractivity contribution is 5.95. The highest BCUT2D eigenvalue weighted by Gasteiger charge is 2.25. The van der Waals surface area contributed by atoms with Gasteiger partial charge in [0.2, 0.25) is 0 Å². The van der Waals surface area contributed by atoms with E-state index < -0.39 is 0 Å². The lowest BCUT2D eigenvalue weighted by Gasteiger charge is -2.31. The molecule has 0 spiro atoms. The molecule has 6 rings (SSSR count). The minimum atomic E-state index is -0.117. The number of piperidine rings is 1. The molecule has 8 nitrogen and oxygen atoms in total. The second kappa shape index (κ2) is 8.87. The molecule has 0 atom stereocenters. The predicted octanol–water partition coefficient (Wildman–Crippen LogP) is 3.91. The summed E-state index contributed by atoms with van der Waals surface area (Å²) in [5.74, 6) is 1.24. The molecule has 0 unspecified atom stereocenters. The number of hydrogen-bond donors (Lipinski definition) is 0. The Hall–Kier alpha value is -4.20. The van der Waals surface area contributed by atoms with Crippen molar-refractivity contribution < 1.29 is 9.53 Å². The molecule has 1 fully saturated rings. The van der Waals surface area contributed by atoms with Crippen LogP contribution in [0.5, 0.6) is 5.75 Å². The lowest BCUT2D eigenvalue weighted by molar-refractivity contribution is 0.0723. The zero-order chi connectivity index (χ0) is 23.8. The molecule has 1 aromatic carbocycles. The SMILES string of the molecule is O=C(c1cnc2c(c1)OCCN2c1ccn2c(=O)c(-c3ccccc3)cnc2c1)N1CCCCC1. The molecule has 176 valence electrons. The van der Waals surface area contributed by atoms with Crippen molar-refractivity contribution in [3.63, 3.8) is 0 Å². The number of carbonyl (C=O) groups is 1. The number of rotatable bonds is 3. The first-order chi connectivity index (χ1) is 17.2. The van der Waals surface area contributed by atoms with Gasteiger partial charge in [-0.25, -0.2) is 9.97 Å². The van der Waals surface area contributed by atoms with Crippen LogP contribution in [0.4, 0.5) is 11.5 Å². The normalized spacial score (nSPS) is 15.5. The number of carbonyl (C=O) groups excluding carboxylic acids is 1. The van der Waals surface area contributed by atoms with Crippen LogP contribution in [0.15, 0.2) is 71.9 Å². The molecule has 2 aliphatic heterocycles. The molecule has 3 aromatic heterocycles. The number of benzene rings is 1. The number of amides is 1. The molecule has 4 aromatic rings. The first-order valence-electron chi connectivity index (χ1n) is 12.0. The molecule has 1 amide bonds. The summed E-state index contributed by atoms with van der Waals surface area (Å²) in [5, 5.41) is 0. The van der Waals surface area contributed by atoms with Crippen LogP contribution in [0.25, 0.3) is 16.8 Å². The number of pyridine rings is 2. The Balaban J connectivity index is 1.32. The third-order valence-corrected chi connectivity index (χ3v) is 6.64. The molecule has 0 bridgehead atoms. The van der Waals surface area contributed by atoms with E-state index in [1.54, 1.807) is 29.1 Å². The van der Waals surface area contributed by atoms with Crippen LogP contribution < -0.4 is 15.2 Å². The number of hydrogen-bond acceptors (Lipinski definition) is 6. The molecule has 1 saturated heterocycles. The van der Waals surface area contributed by atoms with Crippen LogP contribution in [0.2, 0.25) is 0 Å². The van der Waals surface area contributed by atoms with Crippen LogP contribution in [0.3, 0.4) is 0 Å². The molecule has 0 aliphatic carbocycles. The number of anilines is 2. The van der Waals surface area contributed by atoms with Crippen LogP contribution in [-0.4, -0.2) is 51.4 Å². The number of aromatic nitrogens is 3. The summed E-state index contributed by atoms with van der Waals surface area (Å²) >= 11 is 0. The van der Waals surface area contributed by atoms with E-state index in [9.17, 15) is 9.59 Å². The van der Waals surface area contributed by atoms with Crippen molar-refractivity contribution in [1.29, 1.82) is 0 Å². The average Bonchev–Trinajstić information content (AvgIpc) is 2.93. The molecule has 35 heavy (non-hydrogen) atoms. The van der Waals surface area contributed by atoms with E-state index in [0.29, 0.717) is 41.5 Å². The Morgan fingerprint density at radius 3 is 2.57 bits per heavy atom. The zero-order valence-electron chi connectivity index (χ0n) is 19.3. The van der Waals surface area contributed by atoms with Gasteiger partial charge >= 0.3 is 0 Å². The van der Waals surface area contributed by atoms with Crippen molar-refractivity contribution in [2.45, 2.75) is 19.3 Å². The monoisotopic (exact) mass is 467 g/mol. The fourth-order valence-corrected chi connectivity index (χ4v) is 4.79. The predicted molar refractivity (Wildman–Crippen MR) is 133 cm³/mol. The number of fused-ring (bicyclic) bond motifs is 2. The number of ether oxygens (including phenoxy) is 1. The molecule has 5 heterocycles. The van der Waals surface area contributed by atoms with Crippen LogP contribution in [0, 0.1) is 0 Å². The fourth-order valence-electron chi connectivity index (χ4n) is 4.79. The van der Waals surface area contributed by atoms with E-state index in [0.717, 1.165) is 37.2 Å². The third kappa shape index (κ3) is 3.90. The minimum absolute atomic E-state index is 0.00391. The molecular weight excluding hydrogens is 442 g/mol. The molecule has 8 heteroatoms. The number of likely N-dealkylation sites (tertiary alicyclic amines) is 1. The van der Waals surface area contributed by atoms with E-state index >= 15 is 0 Å². The Morgan fingerprint density at radius 2 is 1.74 bits per heavy atom. The summed E-state index contributed by atoms with van der Waals surface area (Å²) in [6.45, 7) is 2.65. The summed E-state index contributed by atoms with van der Waals surface area (Å²) < 4.78 is 7.44. The Bertz CT molecular complexity index is 1460. The van der Waals surface area contributed by atoms with Crippen LogP contribution in [-0.2, 0) is 0 Å². The van der Waals surface area contributed by atoms with Crippen molar-refractivity contribution >= 4 is 23.1 Å². The Labute approximate surface area is 202 Å². The second-order valence-electron chi connectivity index (χ2n) is 8.85. The third-order valence-electron chi connectivity index (χ3n) is 6.64. The zero-order valence-corrected chi connectivity index (χ0v) is 19.3. The minimum Gasteiger partial charge on any atom is -0.488 e. The van der Waals surface area contributed by atoms with Crippen molar-refractivity contribution in [2.75, 3.05) is 31.1 Å². The Morgan fingerprint density at radius 1 is 0.914 bits per heavy atom. The first-order valence-corrected chi connectivity index (χ1v) is 12.0. The highest BCUT2D eigenvalue weighted by atomic mass is 16.5. The van der Waals surface area contributed by atoms with Gasteiger partial charge in [0.1, 0.15) is 12.3 Å². The fraction of sp³-hybridized carbons (Fsp3) is 0.259. The van der Waals surface area contributed by atoms with Gasteiger partial charge in [-0.05, 0) is 37.0 Å². The van der Waals surface area contributed by atoms with Gasteiger partial charge in [-0.3, -0.25) is 14.0 Å². The average molecular weight is 468 g/mol. The second-order valence-corrected chi connectivity index (χ2v) is 8.85. The maximum absolute atomic E-state index is 13.1. The van der Waals surface area contributed by atoms with E-state index in [2.05, 4.69) is 9.97 Å². The summed E-state index contributed by atoms with van der Waals surface area (Å²) in [5.41, 5.74) is 3.24. The first kappa shape index (κ1) is 21.3. The van der Waals surface area contributed by atoms with E-state index in [4.69, 9.17) is 4.74 Å². The maximum atomic E-state index is 13.1. The van der Waals surface area contributed by atoms with Gasteiger partial charge in [0, 0.05) is 43.4 Å². The van der Waals surface area contributed by atoms with Gasteiger partial charge in [0.05, 0.1) is 17.7 Å². The van der Waals surface area contributed by atoms with Crippen molar-refractivity contribution in [3.8, 4) is 16.9 Å². The van der Waals surface area contributed by atoms with Crippen LogP contribution >= 0.6 is 0 Å². The summed E-state index contributed by atoms with van der Waals surface area (Å²) in [4.78, 5) is 39.1. The molecule has 0 radical (unpaired) electrons. The molecule has 0 saturated carbocycles. The van der Waals surface area contributed by atoms with Gasteiger partial charge in [0.15, 0.2) is 11.6 Å². The molecule has 2 aliphatic rings. The maximum Gasteiger partial charge on any atom is 0.265 e. The summed E-state index contributed by atoms with van der Waals surface area (Å²) in [6, 6.07) is 15.1. The summed E-state index contributed by atoms with van der Waals surface area (Å²) in [6.07, 6.45) is 8.26. The van der Waals surface area contributed by atoms with Gasteiger partial charge in [-0.15, -0.1) is 0 Å². The van der Waals surface area contributed by atoms with Gasteiger partial charge in [-0.1, -0.05) is 30.3 Å². The van der Waals surface area contributed by atoms with Crippen LogP contribution in [0.1, 0.15) is 29.6 Å². The van der Waals surface area contributed by atoms with Crippen molar-refractivity contribution in [3.05, 3.63) is 83.0 Å². The van der Waals surface area contributed by atoms with E-state index in [1.165, 1.54) is 6.42 Å². The van der Waals surface area contributed by atoms with E-state index in [1.807, 2.05) is 52.3 Å². The van der Waals surface area contributed by atoms with Gasteiger partial charge in [0.25, 0.3) is 11.5 Å². The van der Waals surface area contributed by atoms with Gasteiger partial charge < -0.3 is 14.5 Å². The lowest BCUT2D eigenvalue weighted by Crippen LogP contribution is -2.36. The highest BCUT2D eigenvalue weighted by Crippen LogP contribution is 2.35. The van der Waals surface area contributed by atoms with Crippen molar-refractivity contribution in [2.24, 2.45) is 0 Å².